The summed E-state index contributed by atoms with van der Waals surface area (Å²) < 4.78 is 4.99. The second-order valence-electron chi connectivity index (χ2n) is 8.84. The molecule has 0 N–H and O–H groups in total. The van der Waals surface area contributed by atoms with Crippen LogP contribution in [0, 0.1) is 13.8 Å². The van der Waals surface area contributed by atoms with Crippen molar-refractivity contribution in [3.8, 4) is 0 Å². The van der Waals surface area contributed by atoms with Gasteiger partial charge in [0, 0.05) is 12.1 Å². The summed E-state index contributed by atoms with van der Waals surface area (Å²) in [6.07, 6.45) is -0.123. The Balaban J connectivity index is 1.64. The molecule has 0 aromatic heterocycles. The van der Waals surface area contributed by atoms with Gasteiger partial charge in [0.15, 0.2) is 0 Å². The van der Waals surface area contributed by atoms with Crippen LogP contribution in [0.15, 0.2) is 72.8 Å². The molecular formula is C29H28N2O5. The van der Waals surface area contributed by atoms with Crippen LogP contribution in [0.3, 0.4) is 0 Å². The summed E-state index contributed by atoms with van der Waals surface area (Å²) in [5, 5.41) is 0. The van der Waals surface area contributed by atoms with E-state index in [1.807, 2.05) is 44.2 Å². The van der Waals surface area contributed by atoms with Crippen molar-refractivity contribution in [1.82, 2.24) is 4.90 Å². The first-order valence-corrected chi connectivity index (χ1v) is 11.9. The quantitative estimate of drug-likeness (QED) is 0.365. The van der Waals surface area contributed by atoms with Gasteiger partial charge in [-0.15, -0.1) is 0 Å². The van der Waals surface area contributed by atoms with E-state index in [1.165, 1.54) is 29.2 Å². The summed E-state index contributed by atoms with van der Waals surface area (Å²) in [6.45, 7) is 6.02. The Morgan fingerprint density at radius 2 is 1.61 bits per heavy atom. The summed E-state index contributed by atoms with van der Waals surface area (Å²) in [4.78, 5) is 54.7. The van der Waals surface area contributed by atoms with Gasteiger partial charge >= 0.3 is 5.97 Å². The maximum Gasteiger partial charge on any atom is 0.338 e. The number of benzene rings is 3. The van der Waals surface area contributed by atoms with Crippen molar-refractivity contribution < 1.29 is 23.9 Å². The van der Waals surface area contributed by atoms with E-state index >= 15 is 0 Å². The molecule has 1 heterocycles. The Labute approximate surface area is 210 Å². The maximum atomic E-state index is 13.6. The molecule has 0 spiro atoms. The molecule has 0 radical (unpaired) electrons. The van der Waals surface area contributed by atoms with Gasteiger partial charge in [0.1, 0.15) is 6.04 Å². The summed E-state index contributed by atoms with van der Waals surface area (Å²) >= 11 is 0. The van der Waals surface area contributed by atoms with Crippen LogP contribution in [0.4, 0.5) is 5.69 Å². The lowest BCUT2D eigenvalue weighted by Crippen LogP contribution is -2.45. The van der Waals surface area contributed by atoms with Gasteiger partial charge in [-0.3, -0.25) is 14.4 Å². The molecular weight excluding hydrogens is 456 g/mol. The molecule has 1 fully saturated rings. The van der Waals surface area contributed by atoms with Crippen molar-refractivity contribution in [3.05, 3.63) is 101 Å². The van der Waals surface area contributed by atoms with Crippen molar-refractivity contribution in [2.45, 2.75) is 39.8 Å². The normalized spacial score (nSPS) is 15.2. The SMILES string of the molecule is CCOC(=O)c1ccc(N2C(=O)CC(N(Cc3ccc(C)cc3)C(=O)c3cccc(C)c3)C2=O)cc1. The number of ether oxygens (including phenoxy) is 1. The van der Waals surface area contributed by atoms with Crippen molar-refractivity contribution in [3.63, 3.8) is 0 Å². The van der Waals surface area contributed by atoms with Gasteiger partial charge in [-0.25, -0.2) is 9.69 Å². The Hall–Kier alpha value is -4.26. The van der Waals surface area contributed by atoms with Crippen molar-refractivity contribution in [1.29, 1.82) is 0 Å². The second kappa shape index (κ2) is 10.6. The van der Waals surface area contributed by atoms with Crippen LogP contribution in [0.2, 0.25) is 0 Å². The van der Waals surface area contributed by atoms with Crippen LogP contribution < -0.4 is 4.90 Å². The fourth-order valence-corrected chi connectivity index (χ4v) is 4.25. The van der Waals surface area contributed by atoms with Gasteiger partial charge in [-0.2, -0.15) is 0 Å². The molecule has 0 aliphatic carbocycles. The third-order valence-corrected chi connectivity index (χ3v) is 6.14. The molecule has 36 heavy (non-hydrogen) atoms. The van der Waals surface area contributed by atoms with Crippen LogP contribution in [-0.2, 0) is 20.9 Å². The Bertz CT molecular complexity index is 1300. The molecule has 184 valence electrons. The Morgan fingerprint density at radius 3 is 2.25 bits per heavy atom. The van der Waals surface area contributed by atoms with Crippen molar-refractivity contribution in [2.24, 2.45) is 0 Å². The Kier molecular flexibility index (Phi) is 7.29. The molecule has 3 amide bonds. The molecule has 1 aliphatic rings. The standard InChI is InChI=1S/C29H28N2O5/c1-4-36-29(35)22-12-14-24(15-13-22)31-26(32)17-25(28(31)34)30(18-21-10-8-19(2)9-11-21)27(33)23-7-5-6-20(3)16-23/h5-16,25H,4,17-18H2,1-3H3. The minimum Gasteiger partial charge on any atom is -0.462 e. The number of hydrogen-bond donors (Lipinski definition) is 0. The van der Waals surface area contributed by atoms with E-state index in [0.29, 0.717) is 16.8 Å². The van der Waals surface area contributed by atoms with Crippen molar-refractivity contribution in [2.75, 3.05) is 11.5 Å². The van der Waals surface area contributed by atoms with Gasteiger partial charge in [0.05, 0.1) is 24.3 Å². The first-order valence-electron chi connectivity index (χ1n) is 11.9. The highest BCUT2D eigenvalue weighted by Crippen LogP contribution is 2.28. The first-order chi connectivity index (χ1) is 17.3. The number of esters is 1. The highest BCUT2D eigenvalue weighted by Gasteiger charge is 2.44. The lowest BCUT2D eigenvalue weighted by Gasteiger charge is -2.28. The minimum atomic E-state index is -0.948. The fraction of sp³-hybridized carbons (Fsp3) is 0.241. The van der Waals surface area contributed by atoms with E-state index in [4.69, 9.17) is 4.74 Å². The van der Waals surface area contributed by atoms with Crippen LogP contribution in [0.5, 0.6) is 0 Å². The third-order valence-electron chi connectivity index (χ3n) is 6.14. The van der Waals surface area contributed by atoms with Crippen LogP contribution >= 0.6 is 0 Å². The fourth-order valence-electron chi connectivity index (χ4n) is 4.25. The van der Waals surface area contributed by atoms with E-state index in [2.05, 4.69) is 0 Å². The van der Waals surface area contributed by atoms with Crippen LogP contribution in [0.25, 0.3) is 0 Å². The highest BCUT2D eigenvalue weighted by molar-refractivity contribution is 6.23. The number of imide groups is 1. The number of carbonyl (C=O) groups is 4. The molecule has 0 bridgehead atoms. The zero-order chi connectivity index (χ0) is 25.8. The molecule has 1 atom stereocenters. The number of aryl methyl sites for hydroxylation is 2. The molecule has 1 saturated heterocycles. The molecule has 7 nitrogen and oxygen atoms in total. The van der Waals surface area contributed by atoms with Gasteiger partial charge < -0.3 is 9.64 Å². The number of anilines is 1. The van der Waals surface area contributed by atoms with E-state index < -0.39 is 23.8 Å². The molecule has 1 unspecified atom stereocenters. The van der Waals surface area contributed by atoms with E-state index in [9.17, 15) is 19.2 Å². The second-order valence-corrected chi connectivity index (χ2v) is 8.84. The topological polar surface area (TPSA) is 84.0 Å². The number of hydrogen-bond acceptors (Lipinski definition) is 5. The summed E-state index contributed by atoms with van der Waals surface area (Å²) in [6, 6.07) is 20.1. The van der Waals surface area contributed by atoms with Gasteiger partial charge in [0.2, 0.25) is 5.91 Å². The Morgan fingerprint density at radius 1 is 0.917 bits per heavy atom. The molecule has 4 rings (SSSR count). The zero-order valence-corrected chi connectivity index (χ0v) is 20.6. The lowest BCUT2D eigenvalue weighted by atomic mass is 10.1. The molecule has 3 aromatic rings. The summed E-state index contributed by atoms with van der Waals surface area (Å²) in [5.41, 5.74) is 4.00. The van der Waals surface area contributed by atoms with Crippen LogP contribution in [-0.4, -0.2) is 41.2 Å². The van der Waals surface area contributed by atoms with Gasteiger partial charge in [-0.05, 0) is 62.7 Å². The van der Waals surface area contributed by atoms with Gasteiger partial charge in [0.25, 0.3) is 11.8 Å². The van der Waals surface area contributed by atoms with E-state index in [1.54, 1.807) is 25.1 Å². The zero-order valence-electron chi connectivity index (χ0n) is 20.6. The van der Waals surface area contributed by atoms with E-state index in [0.717, 1.165) is 21.6 Å². The average Bonchev–Trinajstić information content (AvgIpc) is 3.16. The van der Waals surface area contributed by atoms with Crippen molar-refractivity contribution >= 4 is 29.4 Å². The number of carbonyl (C=O) groups excluding carboxylic acids is 4. The molecule has 3 aromatic carbocycles. The summed E-state index contributed by atoms with van der Waals surface area (Å²) in [7, 11) is 0. The summed E-state index contributed by atoms with van der Waals surface area (Å²) in [5.74, 6) is -1.67. The monoisotopic (exact) mass is 484 g/mol. The van der Waals surface area contributed by atoms with Crippen LogP contribution in [0.1, 0.15) is 50.8 Å². The predicted molar refractivity (Wildman–Crippen MR) is 136 cm³/mol. The minimum absolute atomic E-state index is 0.123. The van der Waals surface area contributed by atoms with E-state index in [-0.39, 0.29) is 25.5 Å². The predicted octanol–water partition coefficient (Wildman–Crippen LogP) is 4.45. The third kappa shape index (κ3) is 5.20. The average molecular weight is 485 g/mol. The first kappa shape index (κ1) is 24.9. The largest absolute Gasteiger partial charge is 0.462 e. The molecule has 1 aliphatic heterocycles. The highest BCUT2D eigenvalue weighted by atomic mass is 16.5. The number of nitrogens with zero attached hydrogens (tertiary/aromatic N) is 2. The maximum absolute atomic E-state index is 13.6. The van der Waals surface area contributed by atoms with Gasteiger partial charge in [-0.1, -0.05) is 47.5 Å². The molecule has 7 heteroatoms. The number of amides is 3. The lowest BCUT2D eigenvalue weighted by molar-refractivity contribution is -0.122. The molecule has 0 saturated carbocycles. The number of rotatable bonds is 7. The smallest absolute Gasteiger partial charge is 0.338 e.